The zero-order valence-corrected chi connectivity index (χ0v) is 21.8. The van der Waals surface area contributed by atoms with Gasteiger partial charge >= 0.3 is 0 Å². The topological polar surface area (TPSA) is 95.7 Å². The van der Waals surface area contributed by atoms with E-state index in [-0.39, 0.29) is 53.2 Å². The van der Waals surface area contributed by atoms with Crippen molar-refractivity contribution in [3.63, 3.8) is 0 Å². The van der Waals surface area contributed by atoms with Gasteiger partial charge in [-0.2, -0.15) is 0 Å². The number of amides is 2. The maximum atomic E-state index is 14.1. The zero-order chi connectivity index (χ0) is 27.0. The third kappa shape index (κ3) is 5.13. The van der Waals surface area contributed by atoms with Crippen LogP contribution in [0.5, 0.6) is 5.75 Å². The summed E-state index contributed by atoms with van der Waals surface area (Å²) in [7, 11) is 1.69. The quantitative estimate of drug-likeness (QED) is 0.501. The normalized spacial score (nSPS) is 15.3. The van der Waals surface area contributed by atoms with Crippen molar-refractivity contribution in [2.24, 2.45) is 0 Å². The lowest BCUT2D eigenvalue weighted by Crippen LogP contribution is -2.48. The molecule has 3 aromatic rings. The van der Waals surface area contributed by atoms with E-state index in [1.807, 2.05) is 20.8 Å². The summed E-state index contributed by atoms with van der Waals surface area (Å²) in [6.07, 6.45) is 3.18. The second kappa shape index (κ2) is 10.4. The van der Waals surface area contributed by atoms with E-state index in [9.17, 15) is 28.3 Å². The lowest BCUT2D eigenvalue weighted by molar-refractivity contribution is -0.130. The SMILES string of the molecule is CCN(C)C(=O)CC1CN(C(C)C)C(=O)c2c(O)c(=O)c(-c3ncc(Cc4ccc(F)cc4F)s3)cn21. The largest absolute Gasteiger partial charge is 0.503 e. The first kappa shape index (κ1) is 26.5. The number of benzene rings is 1. The molecular formula is C26H28F2N4O4S. The molecule has 1 aliphatic rings. The molecule has 4 rings (SSSR count). The number of halogens is 2. The molecule has 1 N–H and O–H groups in total. The van der Waals surface area contributed by atoms with Gasteiger partial charge in [-0.15, -0.1) is 11.3 Å². The number of hydrogen-bond acceptors (Lipinski definition) is 6. The van der Waals surface area contributed by atoms with E-state index < -0.39 is 34.8 Å². The van der Waals surface area contributed by atoms with Crippen LogP contribution in [0.15, 0.2) is 35.4 Å². The summed E-state index contributed by atoms with van der Waals surface area (Å²) < 4.78 is 28.9. The number of aromatic nitrogens is 2. The molecule has 1 atom stereocenters. The molecule has 0 fully saturated rings. The van der Waals surface area contributed by atoms with Gasteiger partial charge in [0, 0.05) is 62.4 Å². The molecule has 3 heterocycles. The minimum absolute atomic E-state index is 0.0720. The highest BCUT2D eigenvalue weighted by Crippen LogP contribution is 2.33. The molecule has 1 aromatic carbocycles. The molecule has 0 saturated heterocycles. The number of thiazole rings is 1. The first-order valence-corrected chi connectivity index (χ1v) is 12.7. The summed E-state index contributed by atoms with van der Waals surface area (Å²) in [4.78, 5) is 47.2. The van der Waals surface area contributed by atoms with Crippen molar-refractivity contribution >= 4 is 23.2 Å². The zero-order valence-electron chi connectivity index (χ0n) is 21.0. The molecule has 0 radical (unpaired) electrons. The van der Waals surface area contributed by atoms with Crippen molar-refractivity contribution in [1.29, 1.82) is 0 Å². The fraction of sp³-hybridized carbons (Fsp3) is 0.385. The Morgan fingerprint density at radius 3 is 2.68 bits per heavy atom. The number of aromatic hydroxyl groups is 1. The smallest absolute Gasteiger partial charge is 0.274 e. The van der Waals surface area contributed by atoms with Crippen molar-refractivity contribution in [3.8, 4) is 16.3 Å². The average molecular weight is 531 g/mol. The van der Waals surface area contributed by atoms with Gasteiger partial charge in [0.1, 0.15) is 16.6 Å². The van der Waals surface area contributed by atoms with Crippen LogP contribution in [-0.2, 0) is 11.2 Å². The molecule has 1 unspecified atom stereocenters. The van der Waals surface area contributed by atoms with Crippen molar-refractivity contribution in [2.75, 3.05) is 20.1 Å². The molecule has 11 heteroatoms. The summed E-state index contributed by atoms with van der Waals surface area (Å²) >= 11 is 1.13. The Balaban J connectivity index is 1.76. The summed E-state index contributed by atoms with van der Waals surface area (Å²) in [5.41, 5.74) is -0.561. The van der Waals surface area contributed by atoms with Crippen molar-refractivity contribution in [1.82, 2.24) is 19.4 Å². The number of hydrogen-bond donors (Lipinski definition) is 1. The minimum Gasteiger partial charge on any atom is -0.503 e. The highest BCUT2D eigenvalue weighted by atomic mass is 32.1. The third-order valence-corrected chi connectivity index (χ3v) is 7.60. The molecule has 0 saturated carbocycles. The fourth-order valence-electron chi connectivity index (χ4n) is 4.31. The van der Waals surface area contributed by atoms with Crippen LogP contribution in [0.3, 0.4) is 0 Å². The Bertz CT molecular complexity index is 1420. The molecule has 8 nitrogen and oxygen atoms in total. The van der Waals surface area contributed by atoms with Gasteiger partial charge in [-0.1, -0.05) is 6.07 Å². The van der Waals surface area contributed by atoms with Crippen LogP contribution in [0.2, 0.25) is 0 Å². The highest BCUT2D eigenvalue weighted by Gasteiger charge is 2.37. The Kier molecular flexibility index (Phi) is 7.44. The minimum atomic E-state index is -0.755. The first-order chi connectivity index (χ1) is 17.5. The predicted molar refractivity (Wildman–Crippen MR) is 136 cm³/mol. The molecular weight excluding hydrogens is 502 g/mol. The van der Waals surface area contributed by atoms with Crippen LogP contribution >= 0.6 is 11.3 Å². The summed E-state index contributed by atoms with van der Waals surface area (Å²) in [6, 6.07) is 2.62. The van der Waals surface area contributed by atoms with E-state index in [0.29, 0.717) is 11.4 Å². The molecule has 2 amide bonds. The van der Waals surface area contributed by atoms with Crippen LogP contribution < -0.4 is 5.43 Å². The van der Waals surface area contributed by atoms with Crippen LogP contribution in [0.25, 0.3) is 10.6 Å². The lowest BCUT2D eigenvalue weighted by Gasteiger charge is -2.38. The van der Waals surface area contributed by atoms with Crippen molar-refractivity contribution < 1.29 is 23.5 Å². The fourth-order valence-corrected chi connectivity index (χ4v) is 5.26. The average Bonchev–Trinajstić information content (AvgIpc) is 3.31. The van der Waals surface area contributed by atoms with Gasteiger partial charge in [0.25, 0.3) is 5.91 Å². The maximum Gasteiger partial charge on any atom is 0.274 e. The molecule has 0 bridgehead atoms. The van der Waals surface area contributed by atoms with Gasteiger partial charge < -0.3 is 19.5 Å². The Morgan fingerprint density at radius 1 is 1.30 bits per heavy atom. The van der Waals surface area contributed by atoms with E-state index in [1.54, 1.807) is 11.9 Å². The number of pyridine rings is 1. The van der Waals surface area contributed by atoms with E-state index >= 15 is 0 Å². The number of fused-ring (bicyclic) bond motifs is 1. The van der Waals surface area contributed by atoms with Crippen LogP contribution in [-0.4, -0.2) is 62.5 Å². The molecule has 2 aromatic heterocycles. The van der Waals surface area contributed by atoms with Crippen LogP contribution in [0.4, 0.5) is 8.78 Å². The summed E-state index contributed by atoms with van der Waals surface area (Å²) in [5, 5.41) is 11.2. The number of nitrogens with zero attached hydrogens (tertiary/aromatic N) is 4. The monoisotopic (exact) mass is 530 g/mol. The van der Waals surface area contributed by atoms with Crippen LogP contribution in [0.1, 0.15) is 54.2 Å². The molecule has 37 heavy (non-hydrogen) atoms. The second-order valence-corrected chi connectivity index (χ2v) is 10.5. The van der Waals surface area contributed by atoms with E-state index in [0.717, 1.165) is 17.4 Å². The summed E-state index contributed by atoms with van der Waals surface area (Å²) in [6.45, 7) is 6.27. The van der Waals surface area contributed by atoms with Crippen molar-refractivity contribution in [3.05, 3.63) is 68.6 Å². The predicted octanol–water partition coefficient (Wildman–Crippen LogP) is 3.82. The standard InChI is InChI=1S/C26H28F2N4O4S/c1-5-30(4)21(33)10-17-12-31(14(2)3)26(36)22-24(35)23(34)19(13-32(17)22)25-29-11-18(37-25)8-15-6-7-16(27)9-20(15)28/h6-7,9,11,13-14,17,35H,5,8,10,12H2,1-4H3. The van der Waals surface area contributed by atoms with Crippen molar-refractivity contribution in [2.45, 2.75) is 45.7 Å². The van der Waals surface area contributed by atoms with E-state index in [4.69, 9.17) is 0 Å². The Labute approximate surface area is 216 Å². The highest BCUT2D eigenvalue weighted by molar-refractivity contribution is 7.15. The van der Waals surface area contributed by atoms with Crippen LogP contribution in [0, 0.1) is 11.6 Å². The second-order valence-electron chi connectivity index (χ2n) is 9.34. The molecule has 1 aliphatic heterocycles. The Hall–Kier alpha value is -3.60. The third-order valence-electron chi connectivity index (χ3n) is 6.57. The van der Waals surface area contributed by atoms with E-state index in [2.05, 4.69) is 4.98 Å². The molecule has 196 valence electrons. The lowest BCUT2D eigenvalue weighted by atomic mass is 10.0. The van der Waals surface area contributed by atoms with Gasteiger partial charge in [-0.3, -0.25) is 14.4 Å². The molecule has 0 spiro atoms. The molecule has 0 aliphatic carbocycles. The number of rotatable bonds is 7. The maximum absolute atomic E-state index is 14.1. The first-order valence-electron chi connectivity index (χ1n) is 11.9. The number of carbonyl (C=O) groups is 2. The van der Waals surface area contributed by atoms with Gasteiger partial charge in [0.2, 0.25) is 11.3 Å². The van der Waals surface area contributed by atoms with Gasteiger partial charge in [-0.05, 0) is 32.4 Å². The van der Waals surface area contributed by atoms with Gasteiger partial charge in [-0.25, -0.2) is 13.8 Å². The van der Waals surface area contributed by atoms with Gasteiger partial charge in [0.05, 0.1) is 11.6 Å². The summed E-state index contributed by atoms with van der Waals surface area (Å²) in [5.74, 6) is -2.67. The number of carbonyl (C=O) groups excluding carboxylic acids is 2. The Morgan fingerprint density at radius 2 is 2.03 bits per heavy atom. The van der Waals surface area contributed by atoms with E-state index in [1.165, 1.54) is 34.0 Å². The van der Waals surface area contributed by atoms with Gasteiger partial charge in [0.15, 0.2) is 11.4 Å².